The van der Waals surface area contributed by atoms with E-state index in [-0.39, 0.29) is 11.9 Å². The summed E-state index contributed by atoms with van der Waals surface area (Å²) in [6.07, 6.45) is 0. The molecule has 1 heterocycles. The lowest BCUT2D eigenvalue weighted by atomic mass is 10.2. The van der Waals surface area contributed by atoms with Crippen molar-refractivity contribution < 1.29 is 4.79 Å². The second-order valence-corrected chi connectivity index (χ2v) is 4.02. The summed E-state index contributed by atoms with van der Waals surface area (Å²) in [7, 11) is 1.47. The van der Waals surface area contributed by atoms with Crippen LogP contribution >= 0.6 is 0 Å². The van der Waals surface area contributed by atoms with Gasteiger partial charge >= 0.3 is 0 Å². The van der Waals surface area contributed by atoms with Crippen molar-refractivity contribution in [3.05, 3.63) is 35.5 Å². The molecule has 0 saturated heterocycles. The molecule has 0 fully saturated rings. The van der Waals surface area contributed by atoms with E-state index in [0.29, 0.717) is 5.69 Å². The van der Waals surface area contributed by atoms with Gasteiger partial charge < -0.3 is 10.7 Å². The number of aryl methyl sites for hydroxylation is 1. The molecule has 0 atom stereocenters. The summed E-state index contributed by atoms with van der Waals surface area (Å²) in [5, 5.41) is 8.19. The molecule has 0 radical (unpaired) electrons. The van der Waals surface area contributed by atoms with Crippen molar-refractivity contribution in [3.63, 3.8) is 0 Å². The Hall–Kier alpha value is -2.30. The number of hydrogen-bond donors (Lipinski definition) is 3. The minimum absolute atomic E-state index is 0.273. The highest BCUT2D eigenvalue weighted by Gasteiger charge is 2.15. The fraction of sp³-hybridized carbons (Fsp3) is 0.167. The van der Waals surface area contributed by atoms with E-state index >= 15 is 0 Å². The topological polar surface area (TPSA) is 86.0 Å². The third-order valence-electron chi connectivity index (χ3n) is 2.67. The highest BCUT2D eigenvalue weighted by Crippen LogP contribution is 2.17. The van der Waals surface area contributed by atoms with Crippen LogP contribution in [0.15, 0.2) is 24.3 Å². The van der Waals surface area contributed by atoms with E-state index in [1.807, 2.05) is 25.1 Å². The normalized spacial score (nSPS) is 10.5. The lowest BCUT2D eigenvalue weighted by Gasteiger charge is -2.12. The molecule has 0 aliphatic rings. The van der Waals surface area contributed by atoms with Gasteiger partial charge in [-0.25, -0.2) is 0 Å². The van der Waals surface area contributed by atoms with Crippen LogP contribution in [0.1, 0.15) is 16.1 Å². The van der Waals surface area contributed by atoms with E-state index in [1.54, 1.807) is 6.07 Å². The number of rotatable bonds is 1. The lowest BCUT2D eigenvalue weighted by Crippen LogP contribution is -2.38. The number of nitrogens with one attached hydrogen (secondary N) is 2. The standard InChI is InChI=1S/C12H14N4O/c1-7-3-4-9-8(5-7)6-10(15-9)11(17)16(2)12(13)14/h3-6,15H,1-2H3,(H3,13,14). The summed E-state index contributed by atoms with van der Waals surface area (Å²) in [5.74, 6) is -0.587. The molecule has 5 nitrogen and oxygen atoms in total. The van der Waals surface area contributed by atoms with Gasteiger partial charge in [-0.1, -0.05) is 11.6 Å². The molecule has 0 aliphatic carbocycles. The zero-order valence-corrected chi connectivity index (χ0v) is 9.74. The minimum atomic E-state index is -0.314. The number of nitrogens with zero attached hydrogens (tertiary/aromatic N) is 1. The van der Waals surface area contributed by atoms with Gasteiger partial charge in [-0.05, 0) is 25.1 Å². The highest BCUT2D eigenvalue weighted by atomic mass is 16.2. The van der Waals surface area contributed by atoms with Gasteiger partial charge in [0.1, 0.15) is 5.69 Å². The number of fused-ring (bicyclic) bond motifs is 1. The smallest absolute Gasteiger partial charge is 0.276 e. The fourth-order valence-electron chi connectivity index (χ4n) is 1.66. The molecule has 1 aromatic carbocycles. The number of guanidine groups is 1. The second kappa shape index (κ2) is 3.93. The van der Waals surface area contributed by atoms with Gasteiger partial charge in [0, 0.05) is 18.0 Å². The summed E-state index contributed by atoms with van der Waals surface area (Å²) in [4.78, 5) is 16.0. The molecule has 0 unspecified atom stereocenters. The van der Waals surface area contributed by atoms with Gasteiger partial charge in [0.2, 0.25) is 0 Å². The first-order valence-electron chi connectivity index (χ1n) is 5.20. The zero-order chi connectivity index (χ0) is 12.6. The Morgan fingerprint density at radius 2 is 2.12 bits per heavy atom. The van der Waals surface area contributed by atoms with Crippen molar-refractivity contribution in [2.45, 2.75) is 6.92 Å². The van der Waals surface area contributed by atoms with Crippen LogP contribution in [-0.2, 0) is 0 Å². The first-order chi connectivity index (χ1) is 7.99. The number of aromatic amines is 1. The number of carbonyl (C=O) groups is 1. The van der Waals surface area contributed by atoms with E-state index in [9.17, 15) is 4.79 Å². The molecule has 0 spiro atoms. The highest BCUT2D eigenvalue weighted by molar-refractivity contribution is 6.05. The average Bonchev–Trinajstić information content (AvgIpc) is 2.69. The van der Waals surface area contributed by atoms with Crippen LogP contribution in [0.5, 0.6) is 0 Å². The van der Waals surface area contributed by atoms with Gasteiger partial charge in [0.05, 0.1) is 0 Å². The Morgan fingerprint density at radius 1 is 1.41 bits per heavy atom. The van der Waals surface area contributed by atoms with Gasteiger partial charge in [-0.15, -0.1) is 0 Å². The lowest BCUT2D eigenvalue weighted by molar-refractivity contribution is 0.0864. The largest absolute Gasteiger partial charge is 0.370 e. The predicted octanol–water partition coefficient (Wildman–Crippen LogP) is 1.44. The molecule has 88 valence electrons. The average molecular weight is 230 g/mol. The van der Waals surface area contributed by atoms with Gasteiger partial charge in [0.15, 0.2) is 5.96 Å². The van der Waals surface area contributed by atoms with Crippen molar-refractivity contribution in [1.29, 1.82) is 5.41 Å². The molecule has 0 bridgehead atoms. The van der Waals surface area contributed by atoms with Crippen molar-refractivity contribution in [3.8, 4) is 0 Å². The molecular formula is C12H14N4O. The minimum Gasteiger partial charge on any atom is -0.370 e. The number of nitrogens with two attached hydrogens (primary N) is 1. The maximum Gasteiger partial charge on any atom is 0.276 e. The van der Waals surface area contributed by atoms with Gasteiger partial charge in [-0.3, -0.25) is 15.1 Å². The van der Waals surface area contributed by atoms with Gasteiger partial charge in [0.25, 0.3) is 5.91 Å². The summed E-state index contributed by atoms with van der Waals surface area (Å²) in [5.41, 5.74) is 7.73. The molecule has 17 heavy (non-hydrogen) atoms. The molecule has 2 rings (SSSR count). The van der Waals surface area contributed by atoms with Crippen LogP contribution in [-0.4, -0.2) is 28.8 Å². The maximum absolute atomic E-state index is 11.9. The molecule has 5 heteroatoms. The summed E-state index contributed by atoms with van der Waals surface area (Å²) >= 11 is 0. The molecule has 1 aromatic heterocycles. The number of amides is 1. The van der Waals surface area contributed by atoms with Crippen LogP contribution in [0.4, 0.5) is 0 Å². The molecular weight excluding hydrogens is 216 g/mol. The zero-order valence-electron chi connectivity index (χ0n) is 9.74. The van der Waals surface area contributed by atoms with E-state index in [1.165, 1.54) is 7.05 Å². The molecule has 0 saturated carbocycles. The Balaban J connectivity index is 2.43. The molecule has 0 aliphatic heterocycles. The summed E-state index contributed by atoms with van der Waals surface area (Å²) in [6.45, 7) is 2.00. The third kappa shape index (κ3) is 1.99. The van der Waals surface area contributed by atoms with Crippen molar-refractivity contribution in [2.24, 2.45) is 5.73 Å². The van der Waals surface area contributed by atoms with Crippen LogP contribution < -0.4 is 5.73 Å². The van der Waals surface area contributed by atoms with E-state index < -0.39 is 0 Å². The Labute approximate surface area is 98.7 Å². The first-order valence-corrected chi connectivity index (χ1v) is 5.20. The number of hydrogen-bond acceptors (Lipinski definition) is 2. The summed E-state index contributed by atoms with van der Waals surface area (Å²) < 4.78 is 0. The van der Waals surface area contributed by atoms with Crippen molar-refractivity contribution in [1.82, 2.24) is 9.88 Å². The SMILES string of the molecule is Cc1ccc2[nH]c(C(=O)N(C)C(=N)N)cc2c1. The van der Waals surface area contributed by atoms with E-state index in [4.69, 9.17) is 11.1 Å². The Bertz CT molecular complexity index is 600. The third-order valence-corrected chi connectivity index (χ3v) is 2.67. The van der Waals surface area contributed by atoms with E-state index in [0.717, 1.165) is 21.4 Å². The number of H-pyrrole nitrogens is 1. The quantitative estimate of drug-likeness (QED) is 0.511. The van der Waals surface area contributed by atoms with Crippen LogP contribution in [0.3, 0.4) is 0 Å². The van der Waals surface area contributed by atoms with Crippen LogP contribution in [0.2, 0.25) is 0 Å². The molecule has 4 N–H and O–H groups in total. The van der Waals surface area contributed by atoms with Crippen LogP contribution in [0, 0.1) is 12.3 Å². The maximum atomic E-state index is 11.9. The number of aromatic nitrogens is 1. The number of carbonyl (C=O) groups excluding carboxylic acids is 1. The first kappa shape index (κ1) is 11.2. The van der Waals surface area contributed by atoms with Crippen molar-refractivity contribution >= 4 is 22.8 Å². The van der Waals surface area contributed by atoms with Crippen molar-refractivity contribution in [2.75, 3.05) is 7.05 Å². The predicted molar refractivity (Wildman–Crippen MR) is 67.0 cm³/mol. The Morgan fingerprint density at radius 3 is 2.76 bits per heavy atom. The van der Waals surface area contributed by atoms with Gasteiger partial charge in [-0.2, -0.15) is 0 Å². The second-order valence-electron chi connectivity index (χ2n) is 4.02. The molecule has 1 amide bonds. The summed E-state index contributed by atoms with van der Waals surface area (Å²) in [6, 6.07) is 7.66. The molecule has 2 aromatic rings. The fourth-order valence-corrected chi connectivity index (χ4v) is 1.66. The Kier molecular flexibility index (Phi) is 2.59. The monoisotopic (exact) mass is 230 g/mol. The van der Waals surface area contributed by atoms with E-state index in [2.05, 4.69) is 4.98 Å². The number of benzene rings is 1. The van der Waals surface area contributed by atoms with Crippen LogP contribution in [0.25, 0.3) is 10.9 Å².